The number of carbonyl (C=O) groups excluding carboxylic acids is 1. The summed E-state index contributed by atoms with van der Waals surface area (Å²) >= 11 is 3.60. The fourth-order valence-corrected chi connectivity index (χ4v) is 4.38. The molecule has 1 aliphatic rings. The fraction of sp³-hybridized carbons (Fsp3) is 0.600. The Balaban J connectivity index is 1.71. The van der Waals surface area contributed by atoms with Crippen LogP contribution in [0, 0.1) is 0 Å². The standard InChI is InChI=1S/C15H22N2OS2/c1-2-19-14-5-3-4-12(10-14)17-15(18)11-20-13-6-8-16-9-7-13/h6-9,12,14H,2-5,10-11H2,1H3,(H,17,18)/t12-,14-/m1/s1. The number of aromatic nitrogens is 1. The first-order valence-corrected chi connectivity index (χ1v) is 9.25. The van der Waals surface area contributed by atoms with E-state index in [1.165, 1.54) is 18.6 Å². The summed E-state index contributed by atoms with van der Waals surface area (Å²) in [6.45, 7) is 2.21. The maximum Gasteiger partial charge on any atom is 0.230 e. The van der Waals surface area contributed by atoms with Gasteiger partial charge in [0.1, 0.15) is 0 Å². The smallest absolute Gasteiger partial charge is 0.230 e. The number of nitrogens with zero attached hydrogens (tertiary/aromatic N) is 1. The summed E-state index contributed by atoms with van der Waals surface area (Å²) in [5.41, 5.74) is 0. The molecule has 1 aliphatic carbocycles. The zero-order valence-corrected chi connectivity index (χ0v) is 13.5. The molecule has 1 N–H and O–H groups in total. The van der Waals surface area contributed by atoms with E-state index < -0.39 is 0 Å². The number of hydrogen-bond acceptors (Lipinski definition) is 4. The average Bonchev–Trinajstić information content (AvgIpc) is 2.47. The van der Waals surface area contributed by atoms with Crippen LogP contribution in [0.25, 0.3) is 0 Å². The molecule has 5 heteroatoms. The molecular formula is C15H22N2OS2. The van der Waals surface area contributed by atoms with Crippen LogP contribution >= 0.6 is 23.5 Å². The van der Waals surface area contributed by atoms with Crippen molar-refractivity contribution in [1.29, 1.82) is 0 Å². The number of hydrogen-bond donors (Lipinski definition) is 1. The number of nitrogens with one attached hydrogen (secondary N) is 1. The summed E-state index contributed by atoms with van der Waals surface area (Å²) in [4.78, 5) is 17.1. The van der Waals surface area contributed by atoms with Gasteiger partial charge in [-0.15, -0.1) is 11.8 Å². The van der Waals surface area contributed by atoms with Crippen LogP contribution in [0.4, 0.5) is 0 Å². The van der Waals surface area contributed by atoms with E-state index in [0.717, 1.165) is 23.0 Å². The molecule has 1 amide bonds. The molecule has 0 bridgehead atoms. The minimum absolute atomic E-state index is 0.152. The van der Waals surface area contributed by atoms with E-state index in [1.54, 1.807) is 24.2 Å². The lowest BCUT2D eigenvalue weighted by Crippen LogP contribution is -2.40. The van der Waals surface area contributed by atoms with Gasteiger partial charge in [-0.2, -0.15) is 11.8 Å². The third-order valence-electron chi connectivity index (χ3n) is 3.41. The van der Waals surface area contributed by atoms with Crippen LogP contribution in [0.15, 0.2) is 29.4 Å². The third-order valence-corrected chi connectivity index (χ3v) is 5.66. The minimum Gasteiger partial charge on any atom is -0.353 e. The molecule has 0 unspecified atom stereocenters. The van der Waals surface area contributed by atoms with Gasteiger partial charge >= 0.3 is 0 Å². The van der Waals surface area contributed by atoms with Crippen LogP contribution in [0.5, 0.6) is 0 Å². The van der Waals surface area contributed by atoms with Gasteiger partial charge in [0, 0.05) is 28.6 Å². The SMILES string of the molecule is CCS[C@@H]1CCC[C@@H](NC(=O)CSc2ccncc2)C1. The van der Waals surface area contributed by atoms with Crippen molar-refractivity contribution in [3.8, 4) is 0 Å². The zero-order valence-electron chi connectivity index (χ0n) is 11.9. The van der Waals surface area contributed by atoms with Crippen molar-refractivity contribution in [3.05, 3.63) is 24.5 Å². The van der Waals surface area contributed by atoms with E-state index in [0.29, 0.717) is 11.8 Å². The van der Waals surface area contributed by atoms with Gasteiger partial charge in [0.25, 0.3) is 0 Å². The Morgan fingerprint density at radius 2 is 2.20 bits per heavy atom. The topological polar surface area (TPSA) is 42.0 Å². The third kappa shape index (κ3) is 5.37. The van der Waals surface area contributed by atoms with Crippen LogP contribution in [0.3, 0.4) is 0 Å². The van der Waals surface area contributed by atoms with Crippen molar-refractivity contribution in [2.75, 3.05) is 11.5 Å². The van der Waals surface area contributed by atoms with Crippen molar-refractivity contribution in [3.63, 3.8) is 0 Å². The van der Waals surface area contributed by atoms with Crippen LogP contribution in [0.2, 0.25) is 0 Å². The first-order valence-electron chi connectivity index (χ1n) is 7.21. The Morgan fingerprint density at radius 1 is 1.40 bits per heavy atom. The zero-order chi connectivity index (χ0) is 14.2. The first kappa shape index (κ1) is 15.7. The lowest BCUT2D eigenvalue weighted by molar-refractivity contribution is -0.119. The number of pyridine rings is 1. The van der Waals surface area contributed by atoms with Crippen LogP contribution in [0.1, 0.15) is 32.6 Å². The molecule has 3 nitrogen and oxygen atoms in total. The number of rotatable bonds is 6. The van der Waals surface area contributed by atoms with Gasteiger partial charge in [-0.1, -0.05) is 13.3 Å². The van der Waals surface area contributed by atoms with E-state index >= 15 is 0 Å². The second-order valence-corrected chi connectivity index (χ2v) is 7.61. The van der Waals surface area contributed by atoms with E-state index in [4.69, 9.17) is 0 Å². The minimum atomic E-state index is 0.152. The molecule has 0 radical (unpaired) electrons. The average molecular weight is 310 g/mol. The first-order chi connectivity index (χ1) is 9.78. The van der Waals surface area contributed by atoms with Gasteiger partial charge < -0.3 is 5.32 Å². The highest BCUT2D eigenvalue weighted by molar-refractivity contribution is 8.00. The Labute approximate surface area is 129 Å². The predicted molar refractivity (Wildman–Crippen MR) is 87.3 cm³/mol. The summed E-state index contributed by atoms with van der Waals surface area (Å²) in [7, 11) is 0. The molecule has 0 spiro atoms. The predicted octanol–water partition coefficient (Wildman–Crippen LogP) is 3.35. The van der Waals surface area contributed by atoms with E-state index in [2.05, 4.69) is 17.2 Å². The Hall–Kier alpha value is -0.680. The number of carbonyl (C=O) groups is 1. The van der Waals surface area contributed by atoms with Crippen molar-refractivity contribution >= 4 is 29.4 Å². The molecule has 1 aromatic rings. The molecule has 1 heterocycles. The molecular weight excluding hydrogens is 288 g/mol. The summed E-state index contributed by atoms with van der Waals surface area (Å²) in [5.74, 6) is 1.81. The van der Waals surface area contributed by atoms with E-state index in [-0.39, 0.29) is 5.91 Å². The van der Waals surface area contributed by atoms with Crippen LogP contribution in [-0.4, -0.2) is 33.7 Å². The van der Waals surface area contributed by atoms with Gasteiger partial charge in [-0.25, -0.2) is 0 Å². The Kier molecular flexibility index (Phi) is 6.73. The summed E-state index contributed by atoms with van der Waals surface area (Å²) in [6, 6.07) is 4.25. The van der Waals surface area contributed by atoms with Crippen LogP contribution < -0.4 is 5.32 Å². The normalized spacial score (nSPS) is 22.4. The molecule has 1 fully saturated rings. The van der Waals surface area contributed by atoms with Gasteiger partial charge in [-0.05, 0) is 37.1 Å². The van der Waals surface area contributed by atoms with Crippen molar-refractivity contribution in [2.45, 2.75) is 48.8 Å². The molecule has 0 saturated heterocycles. The number of thioether (sulfide) groups is 2. The molecule has 2 rings (SSSR count). The van der Waals surface area contributed by atoms with Gasteiger partial charge in [-0.3, -0.25) is 9.78 Å². The highest BCUT2D eigenvalue weighted by atomic mass is 32.2. The molecule has 2 atom stereocenters. The summed E-state index contributed by atoms with van der Waals surface area (Å²) < 4.78 is 0. The highest BCUT2D eigenvalue weighted by Gasteiger charge is 2.22. The second kappa shape index (κ2) is 8.57. The summed E-state index contributed by atoms with van der Waals surface area (Å²) in [5, 5.41) is 3.92. The Morgan fingerprint density at radius 3 is 2.95 bits per heavy atom. The maximum absolute atomic E-state index is 12.0. The molecule has 1 aromatic heterocycles. The lowest BCUT2D eigenvalue weighted by atomic mass is 9.95. The van der Waals surface area contributed by atoms with Gasteiger partial charge in [0.2, 0.25) is 5.91 Å². The van der Waals surface area contributed by atoms with Crippen molar-refractivity contribution < 1.29 is 4.79 Å². The molecule has 1 saturated carbocycles. The number of amides is 1. The lowest BCUT2D eigenvalue weighted by Gasteiger charge is -2.29. The molecule has 0 aliphatic heterocycles. The van der Waals surface area contributed by atoms with Crippen molar-refractivity contribution in [1.82, 2.24) is 10.3 Å². The van der Waals surface area contributed by atoms with E-state index in [9.17, 15) is 4.79 Å². The largest absolute Gasteiger partial charge is 0.353 e. The van der Waals surface area contributed by atoms with Crippen LogP contribution in [-0.2, 0) is 4.79 Å². The Bertz CT molecular complexity index is 412. The van der Waals surface area contributed by atoms with Crippen molar-refractivity contribution in [2.24, 2.45) is 0 Å². The highest BCUT2D eigenvalue weighted by Crippen LogP contribution is 2.28. The van der Waals surface area contributed by atoms with E-state index in [1.807, 2.05) is 23.9 Å². The summed E-state index contributed by atoms with van der Waals surface area (Å²) in [6.07, 6.45) is 8.31. The molecule has 0 aromatic carbocycles. The molecule has 110 valence electrons. The quantitative estimate of drug-likeness (QED) is 0.818. The fourth-order valence-electron chi connectivity index (χ4n) is 2.52. The van der Waals surface area contributed by atoms with Gasteiger partial charge in [0.05, 0.1) is 5.75 Å². The molecule has 20 heavy (non-hydrogen) atoms. The monoisotopic (exact) mass is 310 g/mol. The second-order valence-electron chi connectivity index (χ2n) is 4.98. The van der Waals surface area contributed by atoms with Gasteiger partial charge in [0.15, 0.2) is 0 Å². The maximum atomic E-state index is 12.0.